The predicted octanol–water partition coefficient (Wildman–Crippen LogP) is 4.45. The lowest BCUT2D eigenvalue weighted by Crippen LogP contribution is -2.38. The van der Waals surface area contributed by atoms with Gasteiger partial charge in [0.15, 0.2) is 5.78 Å². The maximum atomic E-state index is 12.6. The van der Waals surface area contributed by atoms with Crippen molar-refractivity contribution in [2.45, 2.75) is 19.3 Å². The summed E-state index contributed by atoms with van der Waals surface area (Å²) in [5, 5.41) is 6.76. The van der Waals surface area contributed by atoms with Gasteiger partial charge in [0.05, 0.1) is 11.4 Å². The van der Waals surface area contributed by atoms with E-state index >= 15 is 0 Å². The second-order valence-corrected chi connectivity index (χ2v) is 8.20. The predicted molar refractivity (Wildman–Crippen MR) is 119 cm³/mol. The van der Waals surface area contributed by atoms with Crippen molar-refractivity contribution in [3.8, 4) is 0 Å². The van der Waals surface area contributed by atoms with Crippen LogP contribution in [0.15, 0.2) is 42.5 Å². The van der Waals surface area contributed by atoms with Crippen molar-refractivity contribution >= 4 is 34.9 Å². The molecule has 2 aromatic carbocycles. The number of piperidine rings is 1. The summed E-state index contributed by atoms with van der Waals surface area (Å²) < 4.78 is 5.36. The number of amides is 1. The fourth-order valence-corrected chi connectivity index (χ4v) is 4.25. The van der Waals surface area contributed by atoms with Crippen LogP contribution in [0.3, 0.4) is 0 Å². The topological polar surface area (TPSA) is 70.7 Å². The molecule has 158 valence electrons. The first-order valence-electron chi connectivity index (χ1n) is 10.4. The van der Waals surface area contributed by atoms with Gasteiger partial charge in [-0.15, -0.1) is 0 Å². The number of anilines is 2. The number of nitrogens with one attached hydrogen (secondary N) is 2. The number of rotatable bonds is 6. The van der Waals surface area contributed by atoms with Crippen LogP contribution in [0.1, 0.15) is 28.8 Å². The number of hydrogen-bond acceptors (Lipinski definition) is 5. The number of ketones is 1. The van der Waals surface area contributed by atoms with Gasteiger partial charge in [-0.05, 0) is 68.2 Å². The van der Waals surface area contributed by atoms with E-state index in [4.69, 9.17) is 16.3 Å². The number of nitrogens with zero attached hydrogens (tertiary/aromatic N) is 1. The number of halogens is 1. The van der Waals surface area contributed by atoms with Gasteiger partial charge in [-0.1, -0.05) is 23.7 Å². The lowest BCUT2D eigenvalue weighted by molar-refractivity contribution is 0.0813. The van der Waals surface area contributed by atoms with Crippen LogP contribution in [-0.4, -0.2) is 49.6 Å². The Hall–Kier alpha value is -2.57. The third-order valence-electron chi connectivity index (χ3n) is 5.81. The molecule has 6 nitrogen and oxygen atoms in total. The van der Waals surface area contributed by atoms with E-state index < -0.39 is 6.09 Å². The fourth-order valence-electron chi connectivity index (χ4n) is 4.13. The lowest BCUT2D eigenvalue weighted by atomic mass is 9.89. The van der Waals surface area contributed by atoms with E-state index in [0.717, 1.165) is 55.8 Å². The molecule has 1 amide bonds. The largest absolute Gasteiger partial charge is 0.448 e. The number of fused-ring (bicyclic) bond motifs is 1. The molecule has 0 aromatic heterocycles. The molecular weight excluding hydrogens is 402 g/mol. The van der Waals surface area contributed by atoms with E-state index in [1.807, 2.05) is 12.1 Å². The zero-order valence-electron chi connectivity index (χ0n) is 16.8. The molecule has 2 aliphatic rings. The third-order valence-corrected chi connectivity index (χ3v) is 6.06. The molecule has 0 atom stereocenters. The smallest absolute Gasteiger partial charge is 0.411 e. The molecule has 7 heteroatoms. The standard InChI is InChI=1S/C23H26ClN3O3/c24-19-6-4-17(5-7-19)22(28)18-9-12-27(13-10-18)14-15-30-23(29)26-20-3-1-2-16-8-11-25-21(16)20/h1-7,18,25H,8-15H2,(H,26,29). The normalized spacial score (nSPS) is 16.6. The molecule has 4 rings (SSSR count). The van der Waals surface area contributed by atoms with Crippen LogP contribution in [-0.2, 0) is 11.2 Å². The SMILES string of the molecule is O=C(Nc1cccc2c1NCC2)OCCN1CCC(C(=O)c2ccc(Cl)cc2)CC1. The van der Waals surface area contributed by atoms with Gasteiger partial charge in [0.2, 0.25) is 0 Å². The van der Waals surface area contributed by atoms with Gasteiger partial charge in [-0.2, -0.15) is 0 Å². The van der Waals surface area contributed by atoms with Gasteiger partial charge in [0.25, 0.3) is 0 Å². The average Bonchev–Trinajstić information content (AvgIpc) is 3.24. The Morgan fingerprint density at radius 1 is 1.13 bits per heavy atom. The average molecular weight is 428 g/mol. The number of hydrogen-bond donors (Lipinski definition) is 2. The number of para-hydroxylation sites is 1. The Morgan fingerprint density at radius 3 is 2.67 bits per heavy atom. The zero-order valence-corrected chi connectivity index (χ0v) is 17.6. The molecule has 0 unspecified atom stereocenters. The second kappa shape index (κ2) is 9.49. The maximum absolute atomic E-state index is 12.6. The molecule has 0 saturated carbocycles. The highest BCUT2D eigenvalue weighted by molar-refractivity contribution is 6.30. The van der Waals surface area contributed by atoms with Crippen molar-refractivity contribution in [3.63, 3.8) is 0 Å². The van der Waals surface area contributed by atoms with Crippen LogP contribution in [0.25, 0.3) is 0 Å². The molecule has 1 fully saturated rings. The van der Waals surface area contributed by atoms with Gasteiger partial charge in [0.1, 0.15) is 6.61 Å². The van der Waals surface area contributed by atoms with E-state index in [1.54, 1.807) is 24.3 Å². The van der Waals surface area contributed by atoms with Crippen LogP contribution in [0.4, 0.5) is 16.2 Å². The Kier molecular flexibility index (Phi) is 6.55. The van der Waals surface area contributed by atoms with Crippen molar-refractivity contribution in [1.82, 2.24) is 4.90 Å². The Balaban J connectivity index is 1.18. The van der Waals surface area contributed by atoms with E-state index in [2.05, 4.69) is 21.6 Å². The molecule has 0 spiro atoms. The summed E-state index contributed by atoms with van der Waals surface area (Å²) in [6.45, 7) is 3.53. The Morgan fingerprint density at radius 2 is 1.90 bits per heavy atom. The van der Waals surface area contributed by atoms with Crippen LogP contribution in [0.5, 0.6) is 0 Å². The summed E-state index contributed by atoms with van der Waals surface area (Å²) >= 11 is 5.90. The van der Waals surface area contributed by atoms with Crippen molar-refractivity contribution in [2.75, 3.05) is 43.4 Å². The van der Waals surface area contributed by atoms with Crippen LogP contribution in [0, 0.1) is 5.92 Å². The first-order chi connectivity index (χ1) is 14.6. The minimum absolute atomic E-state index is 0.0410. The van der Waals surface area contributed by atoms with Gasteiger partial charge >= 0.3 is 6.09 Å². The molecule has 0 bridgehead atoms. The van der Waals surface area contributed by atoms with Gasteiger partial charge < -0.3 is 10.1 Å². The molecule has 2 N–H and O–H groups in total. The number of ether oxygens (including phenoxy) is 1. The summed E-state index contributed by atoms with van der Waals surface area (Å²) in [6.07, 6.45) is 2.16. The quantitative estimate of drug-likeness (QED) is 0.666. The van der Waals surface area contributed by atoms with E-state index in [-0.39, 0.29) is 11.7 Å². The molecule has 0 radical (unpaired) electrons. The number of carbonyl (C=O) groups excluding carboxylic acids is 2. The van der Waals surface area contributed by atoms with Crippen LogP contribution in [0.2, 0.25) is 5.02 Å². The molecular formula is C23H26ClN3O3. The molecule has 1 saturated heterocycles. The minimum atomic E-state index is -0.440. The third kappa shape index (κ3) is 4.94. The highest BCUT2D eigenvalue weighted by Crippen LogP contribution is 2.30. The van der Waals surface area contributed by atoms with E-state index in [9.17, 15) is 9.59 Å². The minimum Gasteiger partial charge on any atom is -0.448 e. The van der Waals surface area contributed by atoms with Gasteiger partial charge in [0, 0.05) is 29.6 Å². The number of benzene rings is 2. The van der Waals surface area contributed by atoms with Crippen molar-refractivity contribution in [3.05, 3.63) is 58.6 Å². The zero-order chi connectivity index (χ0) is 20.9. The summed E-state index contributed by atoms with van der Waals surface area (Å²) in [4.78, 5) is 27.0. The summed E-state index contributed by atoms with van der Waals surface area (Å²) in [6, 6.07) is 13.0. The summed E-state index contributed by atoms with van der Waals surface area (Å²) in [5.41, 5.74) is 3.68. The molecule has 2 aliphatic heterocycles. The number of Topliss-reactive ketones (excluding diaryl/α,β-unsaturated/α-hetero) is 1. The Labute approximate surface area is 181 Å². The first kappa shape index (κ1) is 20.7. The lowest BCUT2D eigenvalue weighted by Gasteiger charge is -2.31. The van der Waals surface area contributed by atoms with Crippen molar-refractivity contribution < 1.29 is 14.3 Å². The van der Waals surface area contributed by atoms with Crippen molar-refractivity contribution in [1.29, 1.82) is 0 Å². The molecule has 2 aromatic rings. The van der Waals surface area contributed by atoms with Crippen LogP contribution < -0.4 is 10.6 Å². The number of likely N-dealkylation sites (tertiary alicyclic amines) is 1. The summed E-state index contributed by atoms with van der Waals surface area (Å²) in [5.74, 6) is 0.227. The number of carbonyl (C=O) groups is 2. The molecule has 30 heavy (non-hydrogen) atoms. The highest BCUT2D eigenvalue weighted by Gasteiger charge is 2.25. The second-order valence-electron chi connectivity index (χ2n) is 7.76. The monoisotopic (exact) mass is 427 g/mol. The fraction of sp³-hybridized carbons (Fsp3) is 0.391. The van der Waals surface area contributed by atoms with Crippen molar-refractivity contribution in [2.24, 2.45) is 5.92 Å². The van der Waals surface area contributed by atoms with Gasteiger partial charge in [-0.25, -0.2) is 4.79 Å². The molecule has 0 aliphatic carbocycles. The first-order valence-corrected chi connectivity index (χ1v) is 10.8. The molecule has 2 heterocycles. The van der Waals surface area contributed by atoms with Gasteiger partial charge in [-0.3, -0.25) is 15.0 Å². The maximum Gasteiger partial charge on any atom is 0.411 e. The van der Waals surface area contributed by atoms with E-state index in [1.165, 1.54) is 5.56 Å². The van der Waals surface area contributed by atoms with E-state index in [0.29, 0.717) is 18.2 Å². The van der Waals surface area contributed by atoms with Crippen LogP contribution >= 0.6 is 11.6 Å². The summed E-state index contributed by atoms with van der Waals surface area (Å²) in [7, 11) is 0. The highest BCUT2D eigenvalue weighted by atomic mass is 35.5. The Bertz CT molecular complexity index is 908.